The molecule has 2 aliphatic heterocycles. The quantitative estimate of drug-likeness (QED) is 0.749. The summed E-state index contributed by atoms with van der Waals surface area (Å²) >= 11 is 1.49. The number of thiazole rings is 1. The molecule has 2 aliphatic rings. The van der Waals surface area contributed by atoms with Gasteiger partial charge in [-0.2, -0.15) is 0 Å². The van der Waals surface area contributed by atoms with Crippen molar-refractivity contribution < 1.29 is 9.59 Å². The van der Waals surface area contributed by atoms with Crippen molar-refractivity contribution in [1.82, 2.24) is 19.7 Å². The van der Waals surface area contributed by atoms with Gasteiger partial charge in [0.25, 0.3) is 5.91 Å². The van der Waals surface area contributed by atoms with E-state index >= 15 is 0 Å². The molecule has 3 heterocycles. The smallest absolute Gasteiger partial charge is 0.273 e. The molecule has 27 heavy (non-hydrogen) atoms. The number of piperazine rings is 1. The Labute approximate surface area is 177 Å². The van der Waals surface area contributed by atoms with Crippen LogP contribution in [0.5, 0.6) is 0 Å². The molecule has 1 atom stereocenters. The number of aromatic nitrogens is 1. The summed E-state index contributed by atoms with van der Waals surface area (Å²) in [5, 5.41) is 2.73. The third-order valence-corrected chi connectivity index (χ3v) is 5.96. The number of halogens is 2. The lowest BCUT2D eigenvalue weighted by Crippen LogP contribution is -2.55. The molecule has 0 aliphatic carbocycles. The molecule has 1 aromatic rings. The lowest BCUT2D eigenvalue weighted by molar-refractivity contribution is -0.135. The van der Waals surface area contributed by atoms with Gasteiger partial charge < -0.3 is 15.5 Å². The predicted octanol–water partition coefficient (Wildman–Crippen LogP) is 1.26. The normalized spacial score (nSPS) is 18.6. The van der Waals surface area contributed by atoms with Gasteiger partial charge in [-0.1, -0.05) is 0 Å². The first-order valence-electron chi connectivity index (χ1n) is 9.06. The zero-order chi connectivity index (χ0) is 17.8. The first-order chi connectivity index (χ1) is 12.1. The standard InChI is InChI=1S/C17H27N5O2S.2ClH/c1-13(16(23)21-6-2-3-7-21)20-8-10-22(11-9-20)17(24)14-12-25-15(19-14)4-5-18;;/h12-13H,2-11,18H2,1H3;2*1H. The first-order valence-corrected chi connectivity index (χ1v) is 9.94. The molecule has 0 aromatic carbocycles. The van der Waals surface area contributed by atoms with Crippen molar-refractivity contribution in [3.05, 3.63) is 16.1 Å². The molecular formula is C17H29Cl2N5O2S. The highest BCUT2D eigenvalue weighted by Gasteiger charge is 2.31. The van der Waals surface area contributed by atoms with Gasteiger partial charge in [0.05, 0.1) is 11.0 Å². The second-order valence-corrected chi connectivity index (χ2v) is 7.64. The Morgan fingerprint density at radius 3 is 2.33 bits per heavy atom. The number of hydrogen-bond acceptors (Lipinski definition) is 6. The van der Waals surface area contributed by atoms with Crippen molar-refractivity contribution in [3.8, 4) is 0 Å². The van der Waals surface area contributed by atoms with E-state index in [1.807, 2.05) is 22.1 Å². The molecule has 2 amide bonds. The SMILES string of the molecule is CC(C(=O)N1CCCC1)N1CCN(C(=O)c2csc(CCN)n2)CC1.Cl.Cl. The van der Waals surface area contributed by atoms with Gasteiger partial charge >= 0.3 is 0 Å². The molecule has 0 saturated carbocycles. The highest BCUT2D eigenvalue weighted by atomic mass is 35.5. The van der Waals surface area contributed by atoms with E-state index in [0.717, 1.165) is 44.0 Å². The van der Waals surface area contributed by atoms with Crippen LogP contribution in [0.1, 0.15) is 35.3 Å². The van der Waals surface area contributed by atoms with E-state index in [0.29, 0.717) is 31.7 Å². The average molecular weight is 438 g/mol. The van der Waals surface area contributed by atoms with Gasteiger partial charge in [0, 0.05) is 51.1 Å². The Bertz CT molecular complexity index is 616. The molecule has 2 saturated heterocycles. The maximum Gasteiger partial charge on any atom is 0.273 e. The average Bonchev–Trinajstić information content (AvgIpc) is 3.32. The second kappa shape index (κ2) is 11.2. The summed E-state index contributed by atoms with van der Waals surface area (Å²) in [4.78, 5) is 35.5. The number of hydrogen-bond donors (Lipinski definition) is 1. The van der Waals surface area contributed by atoms with Crippen molar-refractivity contribution in [2.24, 2.45) is 5.73 Å². The Morgan fingerprint density at radius 2 is 1.74 bits per heavy atom. The number of rotatable bonds is 5. The van der Waals surface area contributed by atoms with Crippen LogP contribution in [0.25, 0.3) is 0 Å². The van der Waals surface area contributed by atoms with E-state index in [9.17, 15) is 9.59 Å². The van der Waals surface area contributed by atoms with Crippen molar-refractivity contribution in [2.45, 2.75) is 32.2 Å². The van der Waals surface area contributed by atoms with Gasteiger partial charge in [0.1, 0.15) is 5.69 Å². The number of nitrogens with two attached hydrogens (primary N) is 1. The molecule has 1 aromatic heterocycles. The minimum absolute atomic E-state index is 0. The fourth-order valence-electron chi connectivity index (χ4n) is 3.48. The van der Waals surface area contributed by atoms with Crippen LogP contribution in [0.2, 0.25) is 0 Å². The van der Waals surface area contributed by atoms with E-state index < -0.39 is 0 Å². The molecule has 154 valence electrons. The van der Waals surface area contributed by atoms with Crippen LogP contribution in [0.15, 0.2) is 5.38 Å². The number of carbonyl (C=O) groups excluding carboxylic acids is 2. The molecule has 2 N–H and O–H groups in total. The van der Waals surface area contributed by atoms with Crippen LogP contribution in [-0.2, 0) is 11.2 Å². The minimum atomic E-state index is -0.106. The van der Waals surface area contributed by atoms with E-state index in [1.165, 1.54) is 11.3 Å². The Hall–Kier alpha value is -0.930. The van der Waals surface area contributed by atoms with Crippen LogP contribution in [-0.4, -0.2) is 83.4 Å². The highest BCUT2D eigenvalue weighted by molar-refractivity contribution is 7.09. The van der Waals surface area contributed by atoms with Gasteiger partial charge in [-0.25, -0.2) is 4.98 Å². The van der Waals surface area contributed by atoms with Crippen LogP contribution >= 0.6 is 36.2 Å². The summed E-state index contributed by atoms with van der Waals surface area (Å²) in [6.07, 6.45) is 2.93. The van der Waals surface area contributed by atoms with Crippen molar-refractivity contribution >= 4 is 48.0 Å². The number of carbonyl (C=O) groups is 2. The maximum absolute atomic E-state index is 12.6. The van der Waals surface area contributed by atoms with Gasteiger partial charge in [-0.3, -0.25) is 14.5 Å². The molecule has 2 fully saturated rings. The van der Waals surface area contributed by atoms with E-state index in [4.69, 9.17) is 5.73 Å². The lowest BCUT2D eigenvalue weighted by atomic mass is 10.2. The van der Waals surface area contributed by atoms with Crippen LogP contribution < -0.4 is 5.73 Å². The fourth-order valence-corrected chi connectivity index (χ4v) is 4.27. The lowest BCUT2D eigenvalue weighted by Gasteiger charge is -2.38. The van der Waals surface area contributed by atoms with Gasteiger partial charge in [0.2, 0.25) is 5.91 Å². The third kappa shape index (κ3) is 5.77. The zero-order valence-corrected chi connectivity index (χ0v) is 18.1. The zero-order valence-electron chi connectivity index (χ0n) is 15.6. The molecule has 0 radical (unpaired) electrons. The molecule has 0 bridgehead atoms. The molecule has 3 rings (SSSR count). The summed E-state index contributed by atoms with van der Waals surface area (Å²) < 4.78 is 0. The molecular weight excluding hydrogens is 409 g/mol. The summed E-state index contributed by atoms with van der Waals surface area (Å²) in [5.74, 6) is 0.209. The van der Waals surface area contributed by atoms with Crippen molar-refractivity contribution in [1.29, 1.82) is 0 Å². The maximum atomic E-state index is 12.6. The van der Waals surface area contributed by atoms with Crippen LogP contribution in [0.3, 0.4) is 0 Å². The highest BCUT2D eigenvalue weighted by Crippen LogP contribution is 2.16. The molecule has 10 heteroatoms. The van der Waals surface area contributed by atoms with E-state index in [2.05, 4.69) is 9.88 Å². The number of nitrogens with zero attached hydrogens (tertiary/aromatic N) is 4. The minimum Gasteiger partial charge on any atom is -0.341 e. The summed E-state index contributed by atoms with van der Waals surface area (Å²) in [5.41, 5.74) is 6.05. The topological polar surface area (TPSA) is 82.8 Å². The van der Waals surface area contributed by atoms with Gasteiger partial charge in [-0.05, 0) is 26.3 Å². The number of amides is 2. The monoisotopic (exact) mass is 437 g/mol. The van der Waals surface area contributed by atoms with Gasteiger partial charge in [0.15, 0.2) is 0 Å². The van der Waals surface area contributed by atoms with Crippen molar-refractivity contribution in [2.75, 3.05) is 45.8 Å². The summed E-state index contributed by atoms with van der Waals surface area (Å²) in [7, 11) is 0. The Balaban J connectivity index is 0.00000182. The van der Waals surface area contributed by atoms with Crippen molar-refractivity contribution in [3.63, 3.8) is 0 Å². The molecule has 0 spiro atoms. The van der Waals surface area contributed by atoms with Crippen LogP contribution in [0, 0.1) is 0 Å². The fraction of sp³-hybridized carbons (Fsp3) is 0.706. The first kappa shape index (κ1) is 24.1. The van der Waals surface area contributed by atoms with E-state index in [1.54, 1.807) is 0 Å². The second-order valence-electron chi connectivity index (χ2n) is 6.70. The Kier molecular flexibility index (Phi) is 9.97. The summed E-state index contributed by atoms with van der Waals surface area (Å²) in [6.45, 7) is 7.03. The number of likely N-dealkylation sites (tertiary alicyclic amines) is 1. The molecule has 7 nitrogen and oxygen atoms in total. The van der Waals surface area contributed by atoms with Crippen LogP contribution in [0.4, 0.5) is 0 Å². The third-order valence-electron chi connectivity index (χ3n) is 5.05. The largest absolute Gasteiger partial charge is 0.341 e. The Morgan fingerprint density at radius 1 is 1.11 bits per heavy atom. The molecule has 1 unspecified atom stereocenters. The predicted molar refractivity (Wildman–Crippen MR) is 112 cm³/mol. The van der Waals surface area contributed by atoms with Gasteiger partial charge in [-0.15, -0.1) is 36.2 Å². The summed E-state index contributed by atoms with van der Waals surface area (Å²) in [6, 6.07) is -0.106. The van der Waals surface area contributed by atoms with E-state index in [-0.39, 0.29) is 42.7 Å².